The quantitative estimate of drug-likeness (QED) is 0.540. The minimum absolute atomic E-state index is 0.738. The molecule has 0 unspecified atom stereocenters. The lowest BCUT2D eigenvalue weighted by molar-refractivity contribution is 0.171. The SMILES string of the molecule is NCC1CCC(CN(Cc2ccc(Cl)cc2)Cc2cc3c(s2)C=CCC=C3)CC1. The highest BCUT2D eigenvalue weighted by molar-refractivity contribution is 7.13. The van der Waals surface area contributed by atoms with E-state index in [2.05, 4.69) is 47.4 Å². The summed E-state index contributed by atoms with van der Waals surface area (Å²) in [5.41, 5.74) is 8.60. The summed E-state index contributed by atoms with van der Waals surface area (Å²) in [5.74, 6) is 1.52. The van der Waals surface area contributed by atoms with Crippen LogP contribution in [0.4, 0.5) is 0 Å². The Bertz CT molecular complexity index is 815. The van der Waals surface area contributed by atoms with Crippen molar-refractivity contribution in [1.29, 1.82) is 0 Å². The highest BCUT2D eigenvalue weighted by Crippen LogP contribution is 2.32. The fourth-order valence-corrected chi connectivity index (χ4v) is 5.78. The monoisotopic (exact) mass is 426 g/mol. The van der Waals surface area contributed by atoms with Gasteiger partial charge >= 0.3 is 0 Å². The molecule has 1 saturated carbocycles. The maximum absolute atomic E-state index is 6.10. The number of allylic oxidation sites excluding steroid dienone is 2. The molecule has 2 aromatic rings. The molecule has 2 aliphatic carbocycles. The van der Waals surface area contributed by atoms with E-state index in [9.17, 15) is 0 Å². The minimum Gasteiger partial charge on any atom is -0.330 e. The second-order valence-electron chi connectivity index (χ2n) is 8.49. The number of hydrogen-bond acceptors (Lipinski definition) is 3. The first kappa shape index (κ1) is 20.9. The van der Waals surface area contributed by atoms with Gasteiger partial charge < -0.3 is 5.73 Å². The number of thiophene rings is 1. The molecule has 1 fully saturated rings. The first-order chi connectivity index (χ1) is 14.2. The molecule has 0 amide bonds. The molecule has 4 rings (SSSR count). The molecule has 0 radical (unpaired) electrons. The van der Waals surface area contributed by atoms with Gasteiger partial charge in [0.1, 0.15) is 0 Å². The molecule has 2 aliphatic rings. The van der Waals surface area contributed by atoms with E-state index in [1.165, 1.54) is 46.6 Å². The molecule has 0 saturated heterocycles. The zero-order valence-electron chi connectivity index (χ0n) is 17.0. The van der Waals surface area contributed by atoms with E-state index in [-0.39, 0.29) is 0 Å². The zero-order valence-corrected chi connectivity index (χ0v) is 18.6. The van der Waals surface area contributed by atoms with Crippen molar-refractivity contribution in [2.75, 3.05) is 13.1 Å². The second-order valence-corrected chi connectivity index (χ2v) is 10.1. The summed E-state index contributed by atoms with van der Waals surface area (Å²) in [7, 11) is 0. The van der Waals surface area contributed by atoms with E-state index in [1.807, 2.05) is 23.5 Å². The van der Waals surface area contributed by atoms with Crippen molar-refractivity contribution in [2.24, 2.45) is 17.6 Å². The molecule has 29 heavy (non-hydrogen) atoms. The topological polar surface area (TPSA) is 29.3 Å². The van der Waals surface area contributed by atoms with Crippen LogP contribution in [-0.4, -0.2) is 18.0 Å². The second kappa shape index (κ2) is 10.1. The van der Waals surface area contributed by atoms with Gasteiger partial charge in [0.05, 0.1) is 0 Å². The van der Waals surface area contributed by atoms with Gasteiger partial charge in [-0.1, -0.05) is 42.0 Å². The van der Waals surface area contributed by atoms with Crippen molar-refractivity contribution >= 4 is 35.1 Å². The van der Waals surface area contributed by atoms with E-state index < -0.39 is 0 Å². The number of fused-ring (bicyclic) bond motifs is 1. The summed E-state index contributed by atoms with van der Waals surface area (Å²) in [6.45, 7) is 4.00. The van der Waals surface area contributed by atoms with Crippen LogP contribution in [0.25, 0.3) is 12.2 Å². The number of halogens is 1. The van der Waals surface area contributed by atoms with Crippen LogP contribution in [0.15, 0.2) is 42.5 Å². The van der Waals surface area contributed by atoms with Crippen LogP contribution in [0.1, 0.15) is 53.0 Å². The van der Waals surface area contributed by atoms with E-state index in [0.717, 1.165) is 49.5 Å². The van der Waals surface area contributed by atoms with Crippen molar-refractivity contribution in [1.82, 2.24) is 4.90 Å². The Hall–Kier alpha value is -1.39. The first-order valence-corrected chi connectivity index (χ1v) is 12.0. The predicted molar refractivity (Wildman–Crippen MR) is 127 cm³/mol. The molecule has 4 heteroatoms. The lowest BCUT2D eigenvalue weighted by atomic mass is 9.82. The maximum Gasteiger partial charge on any atom is 0.0406 e. The standard InChI is InChI=1S/C25H31ClN2S/c26-23-12-10-21(11-13-23)17-28(16-20-8-6-19(15-27)7-9-20)18-24-14-22-4-2-1-3-5-25(22)29-24/h2-5,10-14,19-20H,1,6-9,15-18,27H2. The Labute approximate surface area is 184 Å². The lowest BCUT2D eigenvalue weighted by Gasteiger charge is -2.32. The molecule has 0 bridgehead atoms. The molecule has 1 aromatic carbocycles. The normalized spacial score (nSPS) is 21.3. The summed E-state index contributed by atoms with van der Waals surface area (Å²) in [6.07, 6.45) is 15.3. The van der Waals surface area contributed by atoms with Crippen molar-refractivity contribution in [2.45, 2.75) is 45.2 Å². The zero-order chi connectivity index (χ0) is 20.1. The fraction of sp³-hybridized carbons (Fsp3) is 0.440. The van der Waals surface area contributed by atoms with Gasteiger partial charge in [0, 0.05) is 34.4 Å². The Morgan fingerprint density at radius 1 is 0.966 bits per heavy atom. The highest BCUT2D eigenvalue weighted by atomic mass is 35.5. The van der Waals surface area contributed by atoms with Gasteiger partial charge in [-0.05, 0) is 85.9 Å². The lowest BCUT2D eigenvalue weighted by Crippen LogP contribution is -2.32. The van der Waals surface area contributed by atoms with Crippen LogP contribution >= 0.6 is 22.9 Å². The van der Waals surface area contributed by atoms with Crippen molar-refractivity contribution < 1.29 is 0 Å². The third kappa shape index (κ3) is 5.82. The average Bonchev–Trinajstić information content (AvgIpc) is 2.98. The summed E-state index contributed by atoms with van der Waals surface area (Å²) < 4.78 is 0. The number of nitrogens with two attached hydrogens (primary N) is 1. The van der Waals surface area contributed by atoms with Crippen LogP contribution in [0.3, 0.4) is 0 Å². The van der Waals surface area contributed by atoms with Crippen molar-refractivity contribution in [3.8, 4) is 0 Å². The summed E-state index contributed by atoms with van der Waals surface area (Å²) in [4.78, 5) is 5.48. The van der Waals surface area contributed by atoms with Crippen LogP contribution in [0.2, 0.25) is 5.02 Å². The molecule has 0 atom stereocenters. The third-order valence-electron chi connectivity index (χ3n) is 6.20. The maximum atomic E-state index is 6.10. The Morgan fingerprint density at radius 2 is 1.69 bits per heavy atom. The van der Waals surface area contributed by atoms with Crippen LogP contribution in [0.5, 0.6) is 0 Å². The van der Waals surface area contributed by atoms with Crippen LogP contribution in [0, 0.1) is 11.8 Å². The van der Waals surface area contributed by atoms with Gasteiger partial charge in [0.2, 0.25) is 0 Å². The van der Waals surface area contributed by atoms with Gasteiger partial charge in [-0.2, -0.15) is 0 Å². The van der Waals surface area contributed by atoms with Gasteiger partial charge in [0.25, 0.3) is 0 Å². The molecule has 2 N–H and O–H groups in total. The fourth-order valence-electron chi connectivity index (χ4n) is 4.53. The number of hydrogen-bond donors (Lipinski definition) is 1. The smallest absolute Gasteiger partial charge is 0.0406 e. The van der Waals surface area contributed by atoms with Crippen molar-refractivity contribution in [3.63, 3.8) is 0 Å². The largest absolute Gasteiger partial charge is 0.330 e. The number of nitrogens with zero attached hydrogens (tertiary/aromatic N) is 1. The first-order valence-electron chi connectivity index (χ1n) is 10.8. The Morgan fingerprint density at radius 3 is 2.45 bits per heavy atom. The van der Waals surface area contributed by atoms with E-state index in [4.69, 9.17) is 17.3 Å². The Balaban J connectivity index is 1.47. The van der Waals surface area contributed by atoms with Crippen LogP contribution < -0.4 is 5.73 Å². The Kier molecular flexibility index (Phi) is 7.25. The molecular weight excluding hydrogens is 396 g/mol. The van der Waals surface area contributed by atoms with Crippen molar-refractivity contribution in [3.05, 3.63) is 68.4 Å². The van der Waals surface area contributed by atoms with Gasteiger partial charge in [-0.15, -0.1) is 11.3 Å². The summed E-state index contributed by atoms with van der Waals surface area (Å²) in [6, 6.07) is 10.7. The summed E-state index contributed by atoms with van der Waals surface area (Å²) >= 11 is 8.04. The van der Waals surface area contributed by atoms with Gasteiger partial charge in [-0.3, -0.25) is 4.90 Å². The average molecular weight is 427 g/mol. The molecule has 1 heterocycles. The molecular formula is C25H31ClN2S. The van der Waals surface area contributed by atoms with E-state index >= 15 is 0 Å². The van der Waals surface area contributed by atoms with E-state index in [0.29, 0.717) is 0 Å². The molecule has 2 nitrogen and oxygen atoms in total. The summed E-state index contributed by atoms with van der Waals surface area (Å²) in [5, 5.41) is 0.806. The number of rotatable bonds is 7. The van der Waals surface area contributed by atoms with Crippen LogP contribution in [-0.2, 0) is 13.1 Å². The van der Waals surface area contributed by atoms with Gasteiger partial charge in [-0.25, -0.2) is 0 Å². The number of benzene rings is 1. The third-order valence-corrected chi connectivity index (χ3v) is 7.55. The molecule has 0 spiro atoms. The predicted octanol–water partition coefficient (Wildman–Crippen LogP) is 6.60. The van der Waals surface area contributed by atoms with Gasteiger partial charge in [0.15, 0.2) is 0 Å². The molecule has 0 aliphatic heterocycles. The highest BCUT2D eigenvalue weighted by Gasteiger charge is 2.23. The van der Waals surface area contributed by atoms with E-state index in [1.54, 1.807) is 0 Å². The molecule has 1 aromatic heterocycles. The molecule has 154 valence electrons. The minimum atomic E-state index is 0.738.